The molecule has 4 heterocycles. The highest BCUT2D eigenvalue weighted by atomic mass is 19.1. The normalized spacial score (nSPS) is 20.9. The van der Waals surface area contributed by atoms with Gasteiger partial charge >= 0.3 is 0 Å². The average molecular weight is 458 g/mol. The number of hydrogen-bond donors (Lipinski definition) is 2. The van der Waals surface area contributed by atoms with Crippen LogP contribution in [-0.4, -0.2) is 49.5 Å². The first-order valence-corrected chi connectivity index (χ1v) is 11.2. The highest BCUT2D eigenvalue weighted by molar-refractivity contribution is 5.66. The van der Waals surface area contributed by atoms with Gasteiger partial charge in [-0.25, -0.2) is 19.6 Å². The Morgan fingerprint density at radius 3 is 2.44 bits per heavy atom. The lowest BCUT2D eigenvalue weighted by Crippen LogP contribution is -2.25. The lowest BCUT2D eigenvalue weighted by molar-refractivity contribution is 0.420. The van der Waals surface area contributed by atoms with Crippen molar-refractivity contribution >= 4 is 23.4 Å². The average Bonchev–Trinajstić information content (AvgIpc) is 3.14. The fraction of sp³-hybridized carbons (Fsp3) is 0.292. The van der Waals surface area contributed by atoms with E-state index in [9.17, 15) is 4.39 Å². The minimum Gasteiger partial charge on any atom is -0.368 e. The Morgan fingerprint density at radius 1 is 1.00 bits per heavy atom. The number of anilines is 4. The van der Waals surface area contributed by atoms with Crippen molar-refractivity contribution in [3.63, 3.8) is 0 Å². The number of benzene rings is 1. The van der Waals surface area contributed by atoms with Crippen molar-refractivity contribution in [3.05, 3.63) is 54.9 Å². The summed E-state index contributed by atoms with van der Waals surface area (Å²) in [4.78, 5) is 19.7. The molecule has 0 spiro atoms. The largest absolute Gasteiger partial charge is 0.368 e. The Balaban J connectivity index is 1.14. The van der Waals surface area contributed by atoms with E-state index in [-0.39, 0.29) is 18.5 Å². The first-order valence-electron chi connectivity index (χ1n) is 11.2. The first-order chi connectivity index (χ1) is 16.6. The number of halogens is 1. The van der Waals surface area contributed by atoms with Crippen molar-refractivity contribution in [3.8, 4) is 22.6 Å². The Kier molecular flexibility index (Phi) is 4.86. The molecule has 2 aliphatic rings. The Hall–Kier alpha value is -4.08. The molecular weight excluding hydrogens is 433 g/mol. The molecule has 1 aliphatic heterocycles. The molecule has 10 heteroatoms. The van der Waals surface area contributed by atoms with Crippen LogP contribution >= 0.6 is 0 Å². The molecule has 172 valence electrons. The second-order valence-electron chi connectivity index (χ2n) is 8.84. The van der Waals surface area contributed by atoms with Crippen molar-refractivity contribution in [1.82, 2.24) is 29.7 Å². The third kappa shape index (κ3) is 3.70. The lowest BCUT2D eigenvalue weighted by atomic mass is 10.1. The number of nitrogens with zero attached hydrogens (tertiary/aromatic N) is 7. The zero-order valence-electron chi connectivity index (χ0n) is 18.6. The van der Waals surface area contributed by atoms with Gasteiger partial charge in [0.25, 0.3) is 0 Å². The van der Waals surface area contributed by atoms with Gasteiger partial charge in [0.15, 0.2) is 5.82 Å². The molecule has 2 unspecified atom stereocenters. The van der Waals surface area contributed by atoms with Crippen LogP contribution in [0.1, 0.15) is 0 Å². The first kappa shape index (κ1) is 20.5. The topological polar surface area (TPSA) is 111 Å². The van der Waals surface area contributed by atoms with Crippen LogP contribution in [0.25, 0.3) is 22.6 Å². The number of pyridine rings is 1. The summed E-state index contributed by atoms with van der Waals surface area (Å²) in [5.74, 6) is 3.64. The predicted octanol–water partition coefficient (Wildman–Crippen LogP) is 3.31. The molecule has 1 saturated carbocycles. The van der Waals surface area contributed by atoms with E-state index in [0.29, 0.717) is 23.6 Å². The molecule has 2 fully saturated rings. The van der Waals surface area contributed by atoms with Crippen molar-refractivity contribution in [2.45, 2.75) is 0 Å². The maximum Gasteiger partial charge on any atom is 0.225 e. The third-order valence-electron chi connectivity index (χ3n) is 6.75. The highest BCUT2D eigenvalue weighted by Crippen LogP contribution is 2.52. The number of nitrogens with one attached hydrogen (secondary N) is 1. The SMILES string of the molecule is Cn1nc(-c2ccc(N3CC4C(CF)C4C3)nc2)nc1Nc1ccc(-c2ccnc(N)n2)cc1. The van der Waals surface area contributed by atoms with Gasteiger partial charge in [0.1, 0.15) is 5.82 Å². The minimum absolute atomic E-state index is 0.196. The summed E-state index contributed by atoms with van der Waals surface area (Å²) in [7, 11) is 1.84. The molecule has 4 aromatic rings. The number of fused-ring (bicyclic) bond motifs is 1. The summed E-state index contributed by atoms with van der Waals surface area (Å²) in [6, 6.07) is 13.6. The van der Waals surface area contributed by atoms with Gasteiger partial charge in [-0.15, -0.1) is 5.10 Å². The van der Waals surface area contributed by atoms with Crippen LogP contribution in [0.2, 0.25) is 0 Å². The van der Waals surface area contributed by atoms with E-state index in [1.165, 1.54) is 0 Å². The van der Waals surface area contributed by atoms with Gasteiger partial charge in [-0.05, 0) is 48.1 Å². The molecular formula is C24H24FN9. The van der Waals surface area contributed by atoms with Crippen LogP contribution in [0.5, 0.6) is 0 Å². The van der Waals surface area contributed by atoms with E-state index in [1.54, 1.807) is 17.1 Å². The molecule has 34 heavy (non-hydrogen) atoms. The van der Waals surface area contributed by atoms with Crippen molar-refractivity contribution in [1.29, 1.82) is 0 Å². The van der Waals surface area contributed by atoms with E-state index in [0.717, 1.165) is 41.4 Å². The van der Waals surface area contributed by atoms with Gasteiger partial charge in [0.05, 0.1) is 12.4 Å². The Bertz CT molecular complexity index is 1310. The lowest BCUT2D eigenvalue weighted by Gasteiger charge is -2.20. The molecule has 0 radical (unpaired) electrons. The second kappa shape index (κ2) is 8.05. The Morgan fingerprint density at radius 2 is 1.76 bits per heavy atom. The van der Waals surface area contributed by atoms with Crippen molar-refractivity contribution in [2.24, 2.45) is 24.8 Å². The number of aryl methyl sites for hydroxylation is 1. The summed E-state index contributed by atoms with van der Waals surface area (Å²) in [6.45, 7) is 1.59. The Labute approximate surface area is 195 Å². The van der Waals surface area contributed by atoms with Crippen LogP contribution in [0, 0.1) is 17.8 Å². The van der Waals surface area contributed by atoms with E-state index < -0.39 is 0 Å². The van der Waals surface area contributed by atoms with Crippen LogP contribution in [0.4, 0.5) is 27.8 Å². The van der Waals surface area contributed by atoms with Crippen LogP contribution in [0.3, 0.4) is 0 Å². The smallest absolute Gasteiger partial charge is 0.225 e. The van der Waals surface area contributed by atoms with Gasteiger partial charge in [0, 0.05) is 49.3 Å². The van der Waals surface area contributed by atoms with Crippen molar-refractivity contribution in [2.75, 3.05) is 35.7 Å². The fourth-order valence-electron chi connectivity index (χ4n) is 4.77. The number of aromatic nitrogens is 6. The van der Waals surface area contributed by atoms with E-state index in [1.807, 2.05) is 49.5 Å². The van der Waals surface area contributed by atoms with Crippen LogP contribution in [0.15, 0.2) is 54.9 Å². The summed E-state index contributed by atoms with van der Waals surface area (Å²) >= 11 is 0. The second-order valence-corrected chi connectivity index (χ2v) is 8.84. The van der Waals surface area contributed by atoms with Gasteiger partial charge in [0.2, 0.25) is 11.9 Å². The van der Waals surface area contributed by atoms with Crippen LogP contribution < -0.4 is 16.0 Å². The number of hydrogen-bond acceptors (Lipinski definition) is 8. The molecule has 9 nitrogen and oxygen atoms in total. The number of nitrogens with two attached hydrogens (primary N) is 1. The summed E-state index contributed by atoms with van der Waals surface area (Å²) in [6.07, 6.45) is 3.44. The highest BCUT2D eigenvalue weighted by Gasteiger charge is 2.55. The summed E-state index contributed by atoms with van der Waals surface area (Å²) < 4.78 is 14.6. The molecule has 0 bridgehead atoms. The summed E-state index contributed by atoms with van der Waals surface area (Å²) in [5, 5.41) is 7.84. The quantitative estimate of drug-likeness (QED) is 0.454. The standard InChI is InChI=1S/C24H24FN9/c1-33-24(29-16-5-2-14(3-6-16)20-8-9-27-23(26)30-20)31-22(32-33)15-4-7-21(28-11-15)34-12-18-17(10-25)19(18)13-34/h2-9,11,17-19H,10,12-13H2,1H3,(H2,26,27,30)(H,29,31,32). The number of nitrogen functional groups attached to an aromatic ring is 1. The fourth-order valence-corrected chi connectivity index (χ4v) is 4.77. The summed E-state index contributed by atoms with van der Waals surface area (Å²) in [5.41, 5.74) is 9.11. The minimum atomic E-state index is -0.196. The molecule has 6 rings (SSSR count). The van der Waals surface area contributed by atoms with E-state index >= 15 is 0 Å². The van der Waals surface area contributed by atoms with Crippen LogP contribution in [-0.2, 0) is 7.05 Å². The third-order valence-corrected chi connectivity index (χ3v) is 6.75. The molecule has 3 aromatic heterocycles. The number of alkyl halides is 1. The number of piperidine rings is 1. The van der Waals surface area contributed by atoms with Gasteiger partial charge in [-0.3, -0.25) is 4.39 Å². The monoisotopic (exact) mass is 457 g/mol. The maximum absolute atomic E-state index is 12.9. The molecule has 1 aromatic carbocycles. The molecule has 1 aliphatic carbocycles. The zero-order valence-corrected chi connectivity index (χ0v) is 18.6. The van der Waals surface area contributed by atoms with Crippen molar-refractivity contribution < 1.29 is 4.39 Å². The predicted molar refractivity (Wildman–Crippen MR) is 128 cm³/mol. The zero-order chi connectivity index (χ0) is 23.2. The number of rotatable bonds is 6. The molecule has 0 amide bonds. The van der Waals surface area contributed by atoms with Gasteiger partial charge in [-0.1, -0.05) is 12.1 Å². The molecule has 1 saturated heterocycles. The van der Waals surface area contributed by atoms with Gasteiger partial charge in [-0.2, -0.15) is 4.98 Å². The molecule has 3 N–H and O–H groups in total. The maximum atomic E-state index is 12.9. The molecule has 2 atom stereocenters. The van der Waals surface area contributed by atoms with E-state index in [2.05, 4.69) is 35.3 Å². The van der Waals surface area contributed by atoms with Gasteiger partial charge < -0.3 is 16.0 Å². The van der Waals surface area contributed by atoms with E-state index in [4.69, 9.17) is 5.73 Å².